The Morgan fingerprint density at radius 1 is 1.16 bits per heavy atom. The molecule has 0 aromatic heterocycles. The number of methoxy groups -OCH3 is 1. The van der Waals surface area contributed by atoms with Gasteiger partial charge >= 0.3 is 0 Å². The van der Waals surface area contributed by atoms with Crippen molar-refractivity contribution in [2.45, 2.75) is 0 Å². The molecule has 0 unspecified atom stereocenters. The van der Waals surface area contributed by atoms with E-state index < -0.39 is 0 Å². The van der Waals surface area contributed by atoms with Gasteiger partial charge in [0.1, 0.15) is 5.75 Å². The van der Waals surface area contributed by atoms with Gasteiger partial charge in [-0.05, 0) is 24.3 Å². The first-order valence-corrected chi connectivity index (χ1v) is 8.60. The van der Waals surface area contributed by atoms with Crippen molar-refractivity contribution in [2.24, 2.45) is 0 Å². The number of rotatable bonds is 8. The fourth-order valence-electron chi connectivity index (χ4n) is 2.47. The third-order valence-electron chi connectivity index (χ3n) is 3.90. The molecule has 7 nitrogen and oxygen atoms in total. The first kappa shape index (κ1) is 19.5. The van der Waals surface area contributed by atoms with Gasteiger partial charge in [0.15, 0.2) is 6.61 Å². The van der Waals surface area contributed by atoms with Crippen LogP contribution in [-0.4, -0.2) is 81.2 Å². The number of carbonyl (C=O) groups excluding carboxylic acids is 2. The topological polar surface area (TPSA) is 71.1 Å². The summed E-state index contributed by atoms with van der Waals surface area (Å²) in [6.45, 7) is 3.88. The molecule has 1 saturated heterocycles. The Morgan fingerprint density at radius 2 is 1.84 bits per heavy atom. The lowest BCUT2D eigenvalue weighted by Crippen LogP contribution is -2.52. The van der Waals surface area contributed by atoms with Crippen molar-refractivity contribution >= 4 is 23.4 Å². The number of hydrogen-bond donors (Lipinski definition) is 1. The first-order chi connectivity index (χ1) is 12.1. The molecule has 1 aromatic rings. The monoisotopic (exact) mass is 369 g/mol. The zero-order chi connectivity index (χ0) is 18.1. The van der Waals surface area contributed by atoms with Gasteiger partial charge in [0.05, 0.1) is 13.2 Å². The van der Waals surface area contributed by atoms with Crippen LogP contribution >= 0.6 is 11.6 Å². The summed E-state index contributed by atoms with van der Waals surface area (Å²) in [4.78, 5) is 27.8. The van der Waals surface area contributed by atoms with Crippen LogP contribution in [0.1, 0.15) is 0 Å². The second kappa shape index (κ2) is 10.2. The minimum atomic E-state index is -0.0563. The fourth-order valence-corrected chi connectivity index (χ4v) is 2.60. The van der Waals surface area contributed by atoms with E-state index in [-0.39, 0.29) is 18.4 Å². The van der Waals surface area contributed by atoms with Crippen LogP contribution in [-0.2, 0) is 14.3 Å². The van der Waals surface area contributed by atoms with Gasteiger partial charge in [0.25, 0.3) is 5.91 Å². The number of ether oxygens (including phenoxy) is 2. The van der Waals surface area contributed by atoms with Crippen molar-refractivity contribution in [3.05, 3.63) is 29.3 Å². The molecule has 8 heteroatoms. The summed E-state index contributed by atoms with van der Waals surface area (Å²) in [5.41, 5.74) is 0. The van der Waals surface area contributed by atoms with Gasteiger partial charge in [-0.2, -0.15) is 0 Å². The van der Waals surface area contributed by atoms with Gasteiger partial charge in [0.2, 0.25) is 5.91 Å². The quantitative estimate of drug-likeness (QED) is 0.680. The van der Waals surface area contributed by atoms with Gasteiger partial charge in [-0.1, -0.05) is 11.6 Å². The highest BCUT2D eigenvalue weighted by atomic mass is 35.5. The molecule has 0 aliphatic carbocycles. The van der Waals surface area contributed by atoms with E-state index in [0.29, 0.717) is 56.6 Å². The predicted molar refractivity (Wildman–Crippen MR) is 94.9 cm³/mol. The average molecular weight is 370 g/mol. The maximum atomic E-state index is 12.2. The van der Waals surface area contributed by atoms with E-state index in [4.69, 9.17) is 21.1 Å². The normalized spacial score (nSPS) is 15.0. The van der Waals surface area contributed by atoms with Crippen molar-refractivity contribution in [2.75, 3.05) is 59.6 Å². The minimum absolute atomic E-state index is 0.000857. The Bertz CT molecular complexity index is 560. The molecule has 0 bridgehead atoms. The van der Waals surface area contributed by atoms with Crippen molar-refractivity contribution in [1.29, 1.82) is 0 Å². The average Bonchev–Trinajstić information content (AvgIpc) is 2.62. The van der Waals surface area contributed by atoms with Gasteiger partial charge in [-0.25, -0.2) is 0 Å². The smallest absolute Gasteiger partial charge is 0.260 e. The molecular formula is C17H24ClN3O4. The number of piperazine rings is 1. The Hall–Kier alpha value is -1.83. The first-order valence-electron chi connectivity index (χ1n) is 8.22. The van der Waals surface area contributed by atoms with E-state index >= 15 is 0 Å². The van der Waals surface area contributed by atoms with Crippen molar-refractivity contribution in [3.8, 4) is 5.75 Å². The van der Waals surface area contributed by atoms with Crippen LogP contribution < -0.4 is 10.1 Å². The Labute approximate surface area is 152 Å². The minimum Gasteiger partial charge on any atom is -0.484 e. The molecule has 25 heavy (non-hydrogen) atoms. The summed E-state index contributed by atoms with van der Waals surface area (Å²) in [7, 11) is 1.60. The third kappa shape index (κ3) is 6.89. The van der Waals surface area contributed by atoms with E-state index in [2.05, 4.69) is 5.32 Å². The van der Waals surface area contributed by atoms with Crippen molar-refractivity contribution < 1.29 is 19.1 Å². The second-order valence-electron chi connectivity index (χ2n) is 5.74. The summed E-state index contributed by atoms with van der Waals surface area (Å²) in [6.07, 6.45) is 0. The predicted octanol–water partition coefficient (Wildman–Crippen LogP) is 0.626. The highest BCUT2D eigenvalue weighted by Crippen LogP contribution is 2.15. The molecule has 0 spiro atoms. The standard InChI is InChI=1S/C17H24ClN3O4/c1-24-11-6-19-16(22)12-20-7-9-21(10-8-20)17(23)13-25-15-4-2-14(18)3-5-15/h2-5H,6-13H2,1H3,(H,19,22). The van der Waals surface area contributed by atoms with Crippen LogP contribution in [0.3, 0.4) is 0 Å². The molecule has 1 aromatic carbocycles. The number of halogens is 1. The van der Waals surface area contributed by atoms with E-state index in [1.165, 1.54) is 0 Å². The molecular weight excluding hydrogens is 346 g/mol. The number of benzene rings is 1. The van der Waals surface area contributed by atoms with Crippen LogP contribution in [0.25, 0.3) is 0 Å². The van der Waals surface area contributed by atoms with Gasteiger partial charge < -0.3 is 19.7 Å². The third-order valence-corrected chi connectivity index (χ3v) is 4.15. The van der Waals surface area contributed by atoms with Gasteiger partial charge in [-0.3, -0.25) is 14.5 Å². The molecule has 138 valence electrons. The maximum Gasteiger partial charge on any atom is 0.260 e. The largest absolute Gasteiger partial charge is 0.484 e. The van der Waals surface area contributed by atoms with E-state index in [1.54, 1.807) is 36.3 Å². The van der Waals surface area contributed by atoms with Crippen LogP contribution in [0, 0.1) is 0 Å². The molecule has 1 fully saturated rings. The van der Waals surface area contributed by atoms with E-state index in [0.717, 1.165) is 0 Å². The number of hydrogen-bond acceptors (Lipinski definition) is 5. The number of nitrogens with zero attached hydrogens (tertiary/aromatic N) is 2. The summed E-state index contributed by atoms with van der Waals surface area (Å²) in [5.74, 6) is 0.533. The molecule has 0 saturated carbocycles. The summed E-state index contributed by atoms with van der Waals surface area (Å²) in [6, 6.07) is 6.90. The summed E-state index contributed by atoms with van der Waals surface area (Å²) >= 11 is 5.81. The molecule has 0 atom stereocenters. The van der Waals surface area contributed by atoms with Gasteiger partial charge in [0, 0.05) is 44.9 Å². The lowest BCUT2D eigenvalue weighted by Gasteiger charge is -2.34. The molecule has 1 heterocycles. The van der Waals surface area contributed by atoms with Crippen LogP contribution in [0.2, 0.25) is 5.02 Å². The molecule has 1 aliphatic rings. The van der Waals surface area contributed by atoms with E-state index in [9.17, 15) is 9.59 Å². The number of amides is 2. The molecule has 0 radical (unpaired) electrons. The Kier molecular flexibility index (Phi) is 7.97. The summed E-state index contributed by atoms with van der Waals surface area (Å²) < 4.78 is 10.4. The Balaban J connectivity index is 1.66. The van der Waals surface area contributed by atoms with Crippen LogP contribution in [0.15, 0.2) is 24.3 Å². The molecule has 1 aliphatic heterocycles. The molecule has 1 N–H and O–H groups in total. The maximum absolute atomic E-state index is 12.2. The van der Waals surface area contributed by atoms with Crippen molar-refractivity contribution in [1.82, 2.24) is 15.1 Å². The Morgan fingerprint density at radius 3 is 2.48 bits per heavy atom. The van der Waals surface area contributed by atoms with Crippen LogP contribution in [0.5, 0.6) is 5.75 Å². The number of nitrogens with one attached hydrogen (secondary N) is 1. The zero-order valence-corrected chi connectivity index (χ0v) is 15.1. The van der Waals surface area contributed by atoms with Crippen LogP contribution in [0.4, 0.5) is 0 Å². The lowest BCUT2D eigenvalue weighted by molar-refractivity contribution is -0.135. The van der Waals surface area contributed by atoms with E-state index in [1.807, 2.05) is 4.90 Å². The fraction of sp³-hybridized carbons (Fsp3) is 0.529. The molecule has 2 rings (SSSR count). The molecule has 2 amide bonds. The summed E-state index contributed by atoms with van der Waals surface area (Å²) in [5, 5.41) is 3.42. The SMILES string of the molecule is COCCNC(=O)CN1CCN(C(=O)COc2ccc(Cl)cc2)CC1. The highest BCUT2D eigenvalue weighted by Gasteiger charge is 2.22. The van der Waals surface area contributed by atoms with Gasteiger partial charge in [-0.15, -0.1) is 0 Å². The van der Waals surface area contributed by atoms with Crippen molar-refractivity contribution in [3.63, 3.8) is 0 Å². The second-order valence-corrected chi connectivity index (χ2v) is 6.18. The lowest BCUT2D eigenvalue weighted by atomic mass is 10.3. The highest BCUT2D eigenvalue weighted by molar-refractivity contribution is 6.30. The zero-order valence-electron chi connectivity index (χ0n) is 14.4. The number of carbonyl (C=O) groups is 2.